The van der Waals surface area contributed by atoms with Gasteiger partial charge in [0, 0.05) is 12.5 Å². The molecule has 0 amide bonds. The van der Waals surface area contributed by atoms with Gasteiger partial charge in [-0.05, 0) is 18.9 Å². The smallest absolute Gasteiger partial charge is 0.255 e. The molecule has 0 atom stereocenters. The summed E-state index contributed by atoms with van der Waals surface area (Å²) in [7, 11) is 0. The van der Waals surface area contributed by atoms with Crippen molar-refractivity contribution in [2.75, 3.05) is 0 Å². The highest BCUT2D eigenvalue weighted by Crippen LogP contribution is 2.53. The van der Waals surface area contributed by atoms with Crippen LogP contribution in [0.25, 0.3) is 0 Å². The van der Waals surface area contributed by atoms with E-state index in [0.29, 0.717) is 18.4 Å². The summed E-state index contributed by atoms with van der Waals surface area (Å²) in [5.41, 5.74) is -0.766. The largest absolute Gasteiger partial charge is 0.508 e. The monoisotopic (exact) mass is 226 g/mol. The molecule has 0 bridgehead atoms. The van der Waals surface area contributed by atoms with E-state index < -0.39 is 11.3 Å². The van der Waals surface area contributed by atoms with E-state index in [1.54, 1.807) is 18.2 Å². The summed E-state index contributed by atoms with van der Waals surface area (Å²) in [4.78, 5) is 0. The van der Waals surface area contributed by atoms with E-state index in [0.717, 1.165) is 19.8 Å². The van der Waals surface area contributed by atoms with Gasteiger partial charge in [-0.1, -0.05) is 31.0 Å². The van der Waals surface area contributed by atoms with Crippen LogP contribution < -0.4 is 0 Å². The number of benzene rings is 1. The Bertz CT molecular complexity index is 376. The molecule has 1 saturated carbocycles. The fourth-order valence-corrected chi connectivity index (χ4v) is 2.80. The van der Waals surface area contributed by atoms with Crippen LogP contribution in [0.3, 0.4) is 0 Å². The second kappa shape index (κ2) is 3.72. The van der Waals surface area contributed by atoms with E-state index in [1.165, 1.54) is 6.07 Å². The quantitative estimate of drug-likeness (QED) is 0.811. The number of hydrogen-bond acceptors (Lipinski definition) is 1. The molecule has 0 unspecified atom stereocenters. The molecule has 1 aromatic rings. The lowest BCUT2D eigenvalue weighted by molar-refractivity contribution is -0.0607. The molecule has 0 saturated heterocycles. The van der Waals surface area contributed by atoms with Gasteiger partial charge in [0.15, 0.2) is 0 Å². The second-order valence-electron chi connectivity index (χ2n) is 4.69. The number of phenolic OH excluding ortho intramolecular Hbond substituents is 1. The zero-order valence-electron chi connectivity index (χ0n) is 9.34. The molecule has 88 valence electrons. The van der Waals surface area contributed by atoms with Crippen molar-refractivity contribution in [2.45, 2.75) is 43.9 Å². The molecule has 1 aromatic carbocycles. The lowest BCUT2D eigenvalue weighted by atomic mass is 9.73. The Kier molecular flexibility index (Phi) is 2.64. The summed E-state index contributed by atoms with van der Waals surface area (Å²) in [5, 5.41) is 9.77. The van der Waals surface area contributed by atoms with Crippen molar-refractivity contribution in [1.82, 2.24) is 0 Å². The zero-order chi connectivity index (χ0) is 11.8. The molecule has 0 aromatic heterocycles. The highest BCUT2D eigenvalue weighted by Gasteiger charge is 2.53. The molecule has 0 aliphatic heterocycles. The van der Waals surface area contributed by atoms with Crippen molar-refractivity contribution in [3.8, 4) is 5.75 Å². The van der Waals surface area contributed by atoms with E-state index in [2.05, 4.69) is 0 Å². The number of para-hydroxylation sites is 1. The summed E-state index contributed by atoms with van der Waals surface area (Å²) >= 11 is 0. The third-order valence-electron chi connectivity index (χ3n) is 3.72. The number of hydrogen-bond donors (Lipinski definition) is 1. The lowest BCUT2D eigenvalue weighted by Gasteiger charge is -2.35. The molecule has 1 N–H and O–H groups in total. The van der Waals surface area contributed by atoms with Crippen molar-refractivity contribution < 1.29 is 13.9 Å². The molecule has 0 heterocycles. The lowest BCUT2D eigenvalue weighted by Crippen LogP contribution is -2.40. The molecular weight excluding hydrogens is 210 g/mol. The molecule has 1 fully saturated rings. The van der Waals surface area contributed by atoms with E-state index >= 15 is 0 Å². The van der Waals surface area contributed by atoms with Crippen LogP contribution in [0, 0.1) is 0 Å². The van der Waals surface area contributed by atoms with Crippen LogP contribution in [0.4, 0.5) is 8.78 Å². The van der Waals surface area contributed by atoms with Gasteiger partial charge < -0.3 is 5.11 Å². The predicted molar refractivity (Wildman–Crippen MR) is 58.9 cm³/mol. The van der Waals surface area contributed by atoms with Gasteiger partial charge >= 0.3 is 0 Å². The first-order valence-corrected chi connectivity index (χ1v) is 5.64. The van der Waals surface area contributed by atoms with E-state index in [9.17, 15) is 13.9 Å². The van der Waals surface area contributed by atoms with Gasteiger partial charge in [-0.2, -0.15) is 0 Å². The van der Waals surface area contributed by atoms with Crippen molar-refractivity contribution in [3.63, 3.8) is 0 Å². The standard InChI is InChI=1S/C13H16F2O/c1-12(14,15)13(8-4-5-9-13)10-6-2-3-7-11(10)16/h2-3,6-7,16H,4-5,8-9H2,1H3. The first-order valence-electron chi connectivity index (χ1n) is 5.64. The predicted octanol–water partition coefficient (Wildman–Crippen LogP) is 3.86. The zero-order valence-corrected chi connectivity index (χ0v) is 9.34. The number of rotatable bonds is 2. The van der Waals surface area contributed by atoms with Crippen LogP contribution in [0.15, 0.2) is 24.3 Å². The Hall–Kier alpha value is -1.12. The number of aromatic hydroxyl groups is 1. The maximum atomic E-state index is 13.8. The maximum Gasteiger partial charge on any atom is 0.255 e. The first kappa shape index (κ1) is 11.4. The third kappa shape index (κ3) is 1.58. The summed E-state index contributed by atoms with van der Waals surface area (Å²) in [6, 6.07) is 6.48. The Morgan fingerprint density at radius 1 is 1.19 bits per heavy atom. The van der Waals surface area contributed by atoms with Crippen molar-refractivity contribution >= 4 is 0 Å². The van der Waals surface area contributed by atoms with Crippen LogP contribution in [-0.4, -0.2) is 11.0 Å². The maximum absolute atomic E-state index is 13.8. The molecule has 1 aliphatic carbocycles. The van der Waals surface area contributed by atoms with Crippen LogP contribution in [0.5, 0.6) is 5.75 Å². The summed E-state index contributed by atoms with van der Waals surface area (Å²) in [6.07, 6.45) is 2.51. The Labute approximate surface area is 94.1 Å². The molecular formula is C13H16F2O. The average molecular weight is 226 g/mol. The molecule has 1 aliphatic rings. The third-order valence-corrected chi connectivity index (χ3v) is 3.72. The van der Waals surface area contributed by atoms with Crippen LogP contribution in [-0.2, 0) is 5.41 Å². The van der Waals surface area contributed by atoms with E-state index in [4.69, 9.17) is 0 Å². The van der Waals surface area contributed by atoms with Gasteiger partial charge in [0.2, 0.25) is 0 Å². The second-order valence-corrected chi connectivity index (χ2v) is 4.69. The molecule has 1 nitrogen and oxygen atoms in total. The Balaban J connectivity index is 2.53. The van der Waals surface area contributed by atoms with Gasteiger partial charge in [0.1, 0.15) is 5.75 Å². The van der Waals surface area contributed by atoms with Crippen molar-refractivity contribution in [1.29, 1.82) is 0 Å². The number of alkyl halides is 2. The van der Waals surface area contributed by atoms with E-state index in [1.807, 2.05) is 0 Å². The SMILES string of the molecule is CC(F)(F)C1(c2ccccc2O)CCCC1. The van der Waals surface area contributed by atoms with Gasteiger partial charge in [-0.25, -0.2) is 8.78 Å². The highest BCUT2D eigenvalue weighted by molar-refractivity contribution is 5.41. The number of phenols is 1. The average Bonchev–Trinajstić information content (AvgIpc) is 2.67. The molecule has 0 spiro atoms. The summed E-state index contributed by atoms with van der Waals surface area (Å²) < 4.78 is 27.7. The van der Waals surface area contributed by atoms with Crippen LogP contribution in [0.1, 0.15) is 38.2 Å². The van der Waals surface area contributed by atoms with Gasteiger partial charge in [-0.3, -0.25) is 0 Å². The topological polar surface area (TPSA) is 20.2 Å². The Morgan fingerprint density at radius 3 is 2.25 bits per heavy atom. The Morgan fingerprint density at radius 2 is 1.75 bits per heavy atom. The summed E-state index contributed by atoms with van der Waals surface area (Å²) in [5.74, 6) is -2.80. The first-order chi connectivity index (χ1) is 7.47. The minimum Gasteiger partial charge on any atom is -0.508 e. The minimum absolute atomic E-state index is 0.00840. The molecule has 2 rings (SSSR count). The number of halogens is 2. The highest BCUT2D eigenvalue weighted by atomic mass is 19.3. The molecule has 3 heteroatoms. The van der Waals surface area contributed by atoms with Gasteiger partial charge in [0.05, 0.1) is 5.41 Å². The van der Waals surface area contributed by atoms with Gasteiger partial charge in [0.25, 0.3) is 5.92 Å². The fraction of sp³-hybridized carbons (Fsp3) is 0.538. The normalized spacial score (nSPS) is 19.9. The fourth-order valence-electron chi connectivity index (χ4n) is 2.80. The van der Waals surface area contributed by atoms with Crippen molar-refractivity contribution in [3.05, 3.63) is 29.8 Å². The van der Waals surface area contributed by atoms with Crippen LogP contribution in [0.2, 0.25) is 0 Å². The van der Waals surface area contributed by atoms with Gasteiger partial charge in [-0.15, -0.1) is 0 Å². The molecule has 0 radical (unpaired) electrons. The van der Waals surface area contributed by atoms with E-state index in [-0.39, 0.29) is 5.75 Å². The van der Waals surface area contributed by atoms with Crippen LogP contribution >= 0.6 is 0 Å². The minimum atomic E-state index is -2.79. The molecule has 16 heavy (non-hydrogen) atoms. The summed E-state index contributed by atoms with van der Waals surface area (Å²) in [6.45, 7) is 0.963. The van der Waals surface area contributed by atoms with Crippen molar-refractivity contribution in [2.24, 2.45) is 0 Å².